The average Bonchev–Trinajstić information content (AvgIpc) is 2.91. The van der Waals surface area contributed by atoms with Gasteiger partial charge in [0.05, 0.1) is 0 Å². The molecule has 114 valence electrons. The first kappa shape index (κ1) is 15.6. The Morgan fingerprint density at radius 1 is 1.29 bits per heavy atom. The summed E-state index contributed by atoms with van der Waals surface area (Å²) in [5.41, 5.74) is 2.42. The van der Waals surface area contributed by atoms with E-state index < -0.39 is 0 Å². The first-order valence-electron chi connectivity index (χ1n) is 7.70. The predicted molar refractivity (Wildman–Crippen MR) is 85.2 cm³/mol. The van der Waals surface area contributed by atoms with Gasteiger partial charge in [-0.1, -0.05) is 18.2 Å². The van der Waals surface area contributed by atoms with Gasteiger partial charge >= 0.3 is 0 Å². The molecule has 0 bridgehead atoms. The SMILES string of the molecule is CCN(CCCO)C(=O)CCCc1c[nH]c2ccccc12. The van der Waals surface area contributed by atoms with Crippen LogP contribution in [0.4, 0.5) is 0 Å². The van der Waals surface area contributed by atoms with Crippen LogP contribution in [0.5, 0.6) is 0 Å². The zero-order chi connectivity index (χ0) is 15.1. The maximum Gasteiger partial charge on any atom is 0.222 e. The molecule has 0 radical (unpaired) electrons. The molecule has 4 heteroatoms. The number of carbonyl (C=O) groups is 1. The normalized spacial score (nSPS) is 11.0. The van der Waals surface area contributed by atoms with Gasteiger partial charge in [-0.15, -0.1) is 0 Å². The van der Waals surface area contributed by atoms with Crippen molar-refractivity contribution in [2.75, 3.05) is 19.7 Å². The Morgan fingerprint density at radius 2 is 2.10 bits per heavy atom. The molecule has 21 heavy (non-hydrogen) atoms. The van der Waals surface area contributed by atoms with Crippen molar-refractivity contribution in [1.29, 1.82) is 0 Å². The number of benzene rings is 1. The lowest BCUT2D eigenvalue weighted by Gasteiger charge is -2.20. The quantitative estimate of drug-likeness (QED) is 0.784. The van der Waals surface area contributed by atoms with Crippen LogP contribution in [0, 0.1) is 0 Å². The Hall–Kier alpha value is -1.81. The van der Waals surface area contributed by atoms with Crippen LogP contribution in [0.25, 0.3) is 10.9 Å². The highest BCUT2D eigenvalue weighted by atomic mass is 16.3. The number of aliphatic hydroxyl groups excluding tert-OH is 1. The van der Waals surface area contributed by atoms with Gasteiger partial charge in [-0.3, -0.25) is 4.79 Å². The molecule has 0 aliphatic rings. The third-order valence-corrected chi connectivity index (χ3v) is 3.83. The Balaban J connectivity index is 1.84. The molecule has 0 saturated heterocycles. The number of fused-ring (bicyclic) bond motifs is 1. The highest BCUT2D eigenvalue weighted by Gasteiger charge is 2.11. The van der Waals surface area contributed by atoms with Crippen molar-refractivity contribution in [3.63, 3.8) is 0 Å². The number of H-pyrrole nitrogens is 1. The van der Waals surface area contributed by atoms with Crippen molar-refractivity contribution in [3.05, 3.63) is 36.0 Å². The molecule has 2 N–H and O–H groups in total. The maximum atomic E-state index is 12.1. The molecular formula is C17H24N2O2. The summed E-state index contributed by atoms with van der Waals surface area (Å²) in [6.07, 6.45) is 5.03. The summed E-state index contributed by atoms with van der Waals surface area (Å²) in [5.74, 6) is 0.186. The molecule has 2 rings (SSSR count). The molecule has 2 aromatic rings. The largest absolute Gasteiger partial charge is 0.396 e. The number of carbonyl (C=O) groups excluding carboxylic acids is 1. The third-order valence-electron chi connectivity index (χ3n) is 3.83. The summed E-state index contributed by atoms with van der Waals surface area (Å²) in [7, 11) is 0. The van der Waals surface area contributed by atoms with E-state index in [9.17, 15) is 4.79 Å². The first-order valence-corrected chi connectivity index (χ1v) is 7.70. The van der Waals surface area contributed by atoms with Gasteiger partial charge in [-0.05, 0) is 37.8 Å². The van der Waals surface area contributed by atoms with Crippen LogP contribution in [0.15, 0.2) is 30.5 Å². The Bertz CT molecular complexity index is 577. The standard InChI is InChI=1S/C17H24N2O2/c1-2-19(11-6-12-20)17(21)10-5-7-14-13-18-16-9-4-3-8-15(14)16/h3-4,8-9,13,18,20H,2,5-7,10-12H2,1H3. The van der Waals surface area contributed by atoms with Crippen molar-refractivity contribution in [2.45, 2.75) is 32.6 Å². The van der Waals surface area contributed by atoms with Gasteiger partial charge < -0.3 is 15.0 Å². The number of aromatic nitrogens is 1. The summed E-state index contributed by atoms with van der Waals surface area (Å²) >= 11 is 0. The van der Waals surface area contributed by atoms with Crippen LogP contribution in [0.2, 0.25) is 0 Å². The van der Waals surface area contributed by atoms with Gasteiger partial charge in [0.1, 0.15) is 0 Å². The van der Waals surface area contributed by atoms with Crippen molar-refractivity contribution >= 4 is 16.8 Å². The predicted octanol–water partition coefficient (Wildman–Crippen LogP) is 2.72. The second-order valence-corrected chi connectivity index (χ2v) is 5.26. The Kier molecular flexibility index (Phi) is 5.81. The fourth-order valence-electron chi connectivity index (χ4n) is 2.65. The number of para-hydroxylation sites is 1. The number of aromatic amines is 1. The van der Waals surface area contributed by atoms with Gasteiger partial charge in [0.15, 0.2) is 0 Å². The number of hydrogen-bond acceptors (Lipinski definition) is 2. The number of aryl methyl sites for hydroxylation is 1. The lowest BCUT2D eigenvalue weighted by Crippen LogP contribution is -2.32. The Morgan fingerprint density at radius 3 is 2.86 bits per heavy atom. The molecule has 1 aromatic heterocycles. The summed E-state index contributed by atoms with van der Waals surface area (Å²) in [6.45, 7) is 3.49. The first-order chi connectivity index (χ1) is 10.3. The molecule has 0 aliphatic carbocycles. The molecule has 0 fully saturated rings. The van der Waals surface area contributed by atoms with Crippen LogP contribution in [0.1, 0.15) is 31.7 Å². The average molecular weight is 288 g/mol. The van der Waals surface area contributed by atoms with Crippen LogP contribution in [-0.2, 0) is 11.2 Å². The van der Waals surface area contributed by atoms with Gasteiger partial charge in [0, 0.05) is 43.2 Å². The minimum absolute atomic E-state index is 0.138. The van der Waals surface area contributed by atoms with Gasteiger partial charge in [0.2, 0.25) is 5.91 Å². The highest BCUT2D eigenvalue weighted by Crippen LogP contribution is 2.19. The fourth-order valence-corrected chi connectivity index (χ4v) is 2.65. The lowest BCUT2D eigenvalue weighted by atomic mass is 10.1. The van der Waals surface area contributed by atoms with Gasteiger partial charge in [-0.2, -0.15) is 0 Å². The van der Waals surface area contributed by atoms with E-state index >= 15 is 0 Å². The molecule has 4 nitrogen and oxygen atoms in total. The minimum atomic E-state index is 0.138. The topological polar surface area (TPSA) is 56.3 Å². The van der Waals surface area contributed by atoms with Gasteiger partial charge in [0.25, 0.3) is 0 Å². The van der Waals surface area contributed by atoms with Crippen molar-refractivity contribution in [2.24, 2.45) is 0 Å². The second kappa shape index (κ2) is 7.84. The number of rotatable bonds is 8. The van der Waals surface area contributed by atoms with Crippen LogP contribution < -0.4 is 0 Å². The summed E-state index contributed by atoms with van der Waals surface area (Å²) in [6, 6.07) is 8.24. The third kappa shape index (κ3) is 4.08. The monoisotopic (exact) mass is 288 g/mol. The number of amides is 1. The molecule has 0 unspecified atom stereocenters. The zero-order valence-corrected chi connectivity index (χ0v) is 12.6. The van der Waals surface area contributed by atoms with E-state index in [0.717, 1.165) is 18.4 Å². The summed E-state index contributed by atoms with van der Waals surface area (Å²) in [5, 5.41) is 10.1. The number of nitrogens with zero attached hydrogens (tertiary/aromatic N) is 1. The van der Waals surface area contributed by atoms with Crippen molar-refractivity contribution in [1.82, 2.24) is 9.88 Å². The van der Waals surface area contributed by atoms with E-state index in [1.807, 2.05) is 30.2 Å². The maximum absolute atomic E-state index is 12.1. The van der Waals surface area contributed by atoms with E-state index in [-0.39, 0.29) is 12.5 Å². The molecule has 0 atom stereocenters. The van der Waals surface area contributed by atoms with Gasteiger partial charge in [-0.25, -0.2) is 0 Å². The van der Waals surface area contributed by atoms with Crippen LogP contribution in [0.3, 0.4) is 0 Å². The molecule has 1 amide bonds. The molecule has 0 saturated carbocycles. The highest BCUT2D eigenvalue weighted by molar-refractivity contribution is 5.83. The van der Waals surface area contributed by atoms with E-state index in [1.54, 1.807) is 0 Å². The lowest BCUT2D eigenvalue weighted by molar-refractivity contribution is -0.131. The van der Waals surface area contributed by atoms with Crippen molar-refractivity contribution in [3.8, 4) is 0 Å². The van der Waals surface area contributed by atoms with E-state index in [0.29, 0.717) is 25.9 Å². The zero-order valence-electron chi connectivity index (χ0n) is 12.6. The van der Waals surface area contributed by atoms with E-state index in [2.05, 4.69) is 17.1 Å². The minimum Gasteiger partial charge on any atom is -0.396 e. The molecule has 1 aromatic carbocycles. The number of aliphatic hydroxyl groups is 1. The second-order valence-electron chi connectivity index (χ2n) is 5.26. The van der Waals surface area contributed by atoms with Crippen LogP contribution in [-0.4, -0.2) is 40.6 Å². The molecular weight excluding hydrogens is 264 g/mol. The number of nitrogens with one attached hydrogen (secondary N) is 1. The summed E-state index contributed by atoms with van der Waals surface area (Å²) in [4.78, 5) is 17.2. The molecule has 1 heterocycles. The fraction of sp³-hybridized carbons (Fsp3) is 0.471. The summed E-state index contributed by atoms with van der Waals surface area (Å²) < 4.78 is 0. The van der Waals surface area contributed by atoms with Crippen molar-refractivity contribution < 1.29 is 9.90 Å². The molecule has 0 aliphatic heterocycles. The van der Waals surface area contributed by atoms with Crippen LogP contribution >= 0.6 is 0 Å². The molecule has 0 spiro atoms. The Labute approximate surface area is 125 Å². The smallest absolute Gasteiger partial charge is 0.222 e. The number of hydrogen-bond donors (Lipinski definition) is 2. The van der Waals surface area contributed by atoms with E-state index in [1.165, 1.54) is 10.9 Å². The van der Waals surface area contributed by atoms with E-state index in [4.69, 9.17) is 5.11 Å².